The van der Waals surface area contributed by atoms with Gasteiger partial charge >= 0.3 is 0 Å². The van der Waals surface area contributed by atoms with Crippen LogP contribution < -0.4 is 10.6 Å². The van der Waals surface area contributed by atoms with E-state index in [1.165, 1.54) is 0 Å². The number of hydrogen-bond donors (Lipinski definition) is 2. The number of nitrogens with one attached hydrogen (secondary N) is 2. The number of fused-ring (bicyclic) bond motifs is 1. The number of benzene rings is 1. The molecule has 0 radical (unpaired) electrons. The molecule has 130 valence electrons. The van der Waals surface area contributed by atoms with Crippen molar-refractivity contribution in [1.82, 2.24) is 20.4 Å². The predicted molar refractivity (Wildman–Crippen MR) is 92.8 cm³/mol. The summed E-state index contributed by atoms with van der Waals surface area (Å²) in [6, 6.07) is 11.7. The molecule has 0 saturated heterocycles. The molecule has 6 nitrogen and oxygen atoms in total. The Morgan fingerprint density at radius 2 is 2.00 bits per heavy atom. The fraction of sp³-hybridized carbons (Fsp3) is 0.421. The van der Waals surface area contributed by atoms with Gasteiger partial charge in [-0.15, -0.1) is 0 Å². The highest BCUT2D eigenvalue weighted by Crippen LogP contribution is 2.27. The molecule has 1 saturated carbocycles. The van der Waals surface area contributed by atoms with Crippen molar-refractivity contribution in [3.8, 4) is 0 Å². The second-order valence-corrected chi connectivity index (χ2v) is 6.91. The average Bonchev–Trinajstić information content (AvgIpc) is 3.10. The molecule has 2 N–H and O–H groups in total. The molecule has 2 heterocycles. The van der Waals surface area contributed by atoms with Crippen LogP contribution in [0, 0.1) is 5.92 Å². The number of carbonyl (C=O) groups excluding carboxylic acids is 2. The zero-order valence-corrected chi connectivity index (χ0v) is 14.1. The maximum atomic E-state index is 12.3. The van der Waals surface area contributed by atoms with Gasteiger partial charge in [-0.05, 0) is 24.5 Å². The molecule has 25 heavy (non-hydrogen) atoms. The molecule has 2 aromatic rings. The molecule has 1 aromatic carbocycles. The Kier molecular flexibility index (Phi) is 4.26. The fourth-order valence-corrected chi connectivity index (χ4v) is 3.37. The van der Waals surface area contributed by atoms with Gasteiger partial charge in [0.2, 0.25) is 5.91 Å². The number of aromatic nitrogens is 2. The predicted octanol–water partition coefficient (Wildman–Crippen LogP) is 1.65. The summed E-state index contributed by atoms with van der Waals surface area (Å²) in [5.74, 6) is 0.205. The van der Waals surface area contributed by atoms with Crippen LogP contribution in [0.4, 0.5) is 0 Å². The van der Waals surface area contributed by atoms with Crippen molar-refractivity contribution in [2.75, 3.05) is 0 Å². The van der Waals surface area contributed by atoms with Gasteiger partial charge < -0.3 is 10.6 Å². The van der Waals surface area contributed by atoms with Gasteiger partial charge in [0, 0.05) is 24.6 Å². The van der Waals surface area contributed by atoms with E-state index >= 15 is 0 Å². The number of nitrogens with zero attached hydrogens (tertiary/aromatic N) is 2. The van der Waals surface area contributed by atoms with Gasteiger partial charge in [-0.3, -0.25) is 14.3 Å². The summed E-state index contributed by atoms with van der Waals surface area (Å²) in [5, 5.41) is 10.4. The van der Waals surface area contributed by atoms with E-state index in [9.17, 15) is 9.59 Å². The lowest BCUT2D eigenvalue weighted by Gasteiger charge is -2.25. The Labute approximate surface area is 146 Å². The van der Waals surface area contributed by atoms with Gasteiger partial charge in [0.25, 0.3) is 5.91 Å². The van der Waals surface area contributed by atoms with Crippen LogP contribution in [0.3, 0.4) is 0 Å². The molecule has 4 rings (SSSR count). The van der Waals surface area contributed by atoms with E-state index < -0.39 is 0 Å². The van der Waals surface area contributed by atoms with Crippen molar-refractivity contribution in [3.63, 3.8) is 0 Å². The van der Waals surface area contributed by atoms with Crippen LogP contribution in [-0.2, 0) is 24.3 Å². The van der Waals surface area contributed by atoms with Crippen LogP contribution in [0.5, 0.6) is 0 Å². The van der Waals surface area contributed by atoms with Gasteiger partial charge in [0.15, 0.2) is 0 Å². The van der Waals surface area contributed by atoms with Crippen molar-refractivity contribution >= 4 is 11.8 Å². The van der Waals surface area contributed by atoms with Gasteiger partial charge in [-0.25, -0.2) is 0 Å². The molecular formula is C19H22N4O2. The average molecular weight is 338 g/mol. The van der Waals surface area contributed by atoms with Crippen LogP contribution >= 0.6 is 0 Å². The summed E-state index contributed by atoms with van der Waals surface area (Å²) in [5.41, 5.74) is 2.50. The maximum Gasteiger partial charge on any atom is 0.272 e. The quantitative estimate of drug-likeness (QED) is 0.870. The molecule has 6 heteroatoms. The molecule has 1 aliphatic carbocycles. The van der Waals surface area contributed by atoms with Crippen molar-refractivity contribution < 1.29 is 9.59 Å². The Morgan fingerprint density at radius 1 is 1.20 bits per heavy atom. The molecule has 0 spiro atoms. The van der Waals surface area contributed by atoms with Crippen molar-refractivity contribution in [2.24, 2.45) is 5.92 Å². The van der Waals surface area contributed by atoms with Gasteiger partial charge in [-0.1, -0.05) is 36.8 Å². The minimum absolute atomic E-state index is 0.0945. The summed E-state index contributed by atoms with van der Waals surface area (Å²) in [7, 11) is 0. The van der Waals surface area contributed by atoms with Gasteiger partial charge in [0.05, 0.1) is 12.6 Å². The van der Waals surface area contributed by atoms with Crippen LogP contribution in [0.2, 0.25) is 0 Å². The molecule has 1 fully saturated rings. The van der Waals surface area contributed by atoms with Crippen molar-refractivity contribution in [1.29, 1.82) is 0 Å². The lowest BCUT2D eigenvalue weighted by molar-refractivity contribution is -0.128. The van der Waals surface area contributed by atoms with Crippen LogP contribution in [-0.4, -0.2) is 27.6 Å². The Balaban J connectivity index is 1.31. The second kappa shape index (κ2) is 6.70. The molecule has 1 unspecified atom stereocenters. The summed E-state index contributed by atoms with van der Waals surface area (Å²) < 4.78 is 1.84. The lowest BCUT2D eigenvalue weighted by atomic mass is 9.84. The van der Waals surface area contributed by atoms with Crippen molar-refractivity contribution in [2.45, 2.75) is 44.8 Å². The number of carbonyl (C=O) groups is 2. The largest absolute Gasteiger partial charge is 0.351 e. The summed E-state index contributed by atoms with van der Waals surface area (Å²) in [6.07, 6.45) is 3.91. The van der Waals surface area contributed by atoms with E-state index in [1.807, 2.05) is 41.1 Å². The lowest BCUT2D eigenvalue weighted by Crippen LogP contribution is -2.42. The highest BCUT2D eigenvalue weighted by atomic mass is 16.2. The molecule has 1 atom stereocenters. The first-order valence-corrected chi connectivity index (χ1v) is 8.88. The highest BCUT2D eigenvalue weighted by molar-refractivity contribution is 5.92. The summed E-state index contributed by atoms with van der Waals surface area (Å²) >= 11 is 0. The molecule has 2 aliphatic rings. The summed E-state index contributed by atoms with van der Waals surface area (Å²) in [4.78, 5) is 24.3. The zero-order valence-electron chi connectivity index (χ0n) is 14.1. The standard InChI is InChI=1S/C19H22N4O2/c24-18(14-7-4-8-14)21-15-9-16-10-17(22-23(16)12-15)19(25)20-11-13-5-2-1-3-6-13/h1-3,5-6,10,14-15H,4,7-9,11-12H2,(H,20,25)(H,21,24). The topological polar surface area (TPSA) is 76.0 Å². The Morgan fingerprint density at radius 3 is 2.68 bits per heavy atom. The van der Waals surface area contributed by atoms with E-state index in [0.29, 0.717) is 18.8 Å². The first kappa shape index (κ1) is 15.9. The number of hydrogen-bond acceptors (Lipinski definition) is 3. The van der Waals surface area contributed by atoms with E-state index in [2.05, 4.69) is 15.7 Å². The Bertz CT molecular complexity index is 756. The minimum atomic E-state index is -0.166. The smallest absolute Gasteiger partial charge is 0.272 e. The first-order valence-electron chi connectivity index (χ1n) is 8.88. The third-order valence-electron chi connectivity index (χ3n) is 5.06. The van der Waals surface area contributed by atoms with Gasteiger partial charge in [0.1, 0.15) is 5.69 Å². The number of rotatable bonds is 5. The van der Waals surface area contributed by atoms with Crippen LogP contribution in [0.15, 0.2) is 36.4 Å². The minimum Gasteiger partial charge on any atom is -0.351 e. The molecule has 2 amide bonds. The fourth-order valence-electron chi connectivity index (χ4n) is 3.37. The van der Waals surface area contributed by atoms with Crippen LogP contribution in [0.25, 0.3) is 0 Å². The SMILES string of the molecule is O=C(NCc1ccccc1)c1cc2n(n1)CC(NC(=O)C1CCC1)C2. The first-order chi connectivity index (χ1) is 12.2. The molecule has 1 aromatic heterocycles. The molecular weight excluding hydrogens is 316 g/mol. The molecule has 0 bridgehead atoms. The van der Waals surface area contributed by atoms with E-state index in [4.69, 9.17) is 0 Å². The normalized spacial score (nSPS) is 19.1. The Hall–Kier alpha value is -2.63. The maximum absolute atomic E-state index is 12.3. The zero-order chi connectivity index (χ0) is 17.2. The van der Waals surface area contributed by atoms with E-state index in [1.54, 1.807) is 0 Å². The second-order valence-electron chi connectivity index (χ2n) is 6.91. The van der Waals surface area contributed by atoms with Gasteiger partial charge in [-0.2, -0.15) is 5.10 Å². The molecule has 1 aliphatic heterocycles. The monoisotopic (exact) mass is 338 g/mol. The van der Waals surface area contributed by atoms with Crippen molar-refractivity contribution in [3.05, 3.63) is 53.3 Å². The number of amides is 2. The van der Waals surface area contributed by atoms with E-state index in [-0.39, 0.29) is 23.8 Å². The highest BCUT2D eigenvalue weighted by Gasteiger charge is 2.30. The third-order valence-corrected chi connectivity index (χ3v) is 5.06. The summed E-state index contributed by atoms with van der Waals surface area (Å²) in [6.45, 7) is 1.13. The van der Waals surface area contributed by atoms with E-state index in [0.717, 1.165) is 36.9 Å². The third kappa shape index (κ3) is 3.43. The van der Waals surface area contributed by atoms with Crippen LogP contribution in [0.1, 0.15) is 41.0 Å².